The van der Waals surface area contributed by atoms with E-state index in [0.717, 1.165) is 49.7 Å². The maximum absolute atomic E-state index is 14.2. The highest BCUT2D eigenvalue weighted by molar-refractivity contribution is 6.02. The minimum atomic E-state index is -0.726. The summed E-state index contributed by atoms with van der Waals surface area (Å²) in [6.07, 6.45) is 8.68. The summed E-state index contributed by atoms with van der Waals surface area (Å²) in [6, 6.07) is 6.96. The Balaban J connectivity index is 1.40. The van der Waals surface area contributed by atoms with Crippen molar-refractivity contribution in [1.29, 1.82) is 0 Å². The molecular weight excluding hydrogens is 476 g/mol. The molecular formula is C27H25F2N7O. The molecule has 3 N–H and O–H groups in total. The third-order valence-electron chi connectivity index (χ3n) is 6.84. The Labute approximate surface area is 212 Å². The molecule has 2 aliphatic rings. The lowest BCUT2D eigenvalue weighted by molar-refractivity contribution is -0.120. The second-order valence-electron chi connectivity index (χ2n) is 9.46. The van der Waals surface area contributed by atoms with E-state index in [2.05, 4.69) is 25.9 Å². The number of carbonyl (C=O) groups excluding carboxylic acids is 1. The Kier molecular flexibility index (Phi) is 6.17. The summed E-state index contributed by atoms with van der Waals surface area (Å²) in [4.78, 5) is 31.3. The number of carbonyl (C=O) groups is 1. The summed E-state index contributed by atoms with van der Waals surface area (Å²) < 4.78 is 28.3. The van der Waals surface area contributed by atoms with Crippen molar-refractivity contribution in [1.82, 2.24) is 25.3 Å². The van der Waals surface area contributed by atoms with E-state index in [1.807, 2.05) is 6.20 Å². The van der Waals surface area contributed by atoms with E-state index in [1.54, 1.807) is 18.3 Å². The van der Waals surface area contributed by atoms with Gasteiger partial charge in [0.1, 0.15) is 29.0 Å². The lowest BCUT2D eigenvalue weighted by atomic mass is 9.97. The summed E-state index contributed by atoms with van der Waals surface area (Å²) in [5.41, 5.74) is 1.95. The minimum Gasteiger partial charge on any atom is -0.335 e. The largest absolute Gasteiger partial charge is 0.335 e. The third-order valence-corrected chi connectivity index (χ3v) is 6.84. The van der Waals surface area contributed by atoms with E-state index < -0.39 is 11.6 Å². The average molecular weight is 502 g/mol. The number of pyridine rings is 2. The first-order chi connectivity index (χ1) is 18.1. The van der Waals surface area contributed by atoms with Gasteiger partial charge in [0, 0.05) is 29.3 Å². The van der Waals surface area contributed by atoms with Gasteiger partial charge >= 0.3 is 0 Å². The van der Waals surface area contributed by atoms with Crippen LogP contribution in [0.4, 0.5) is 26.1 Å². The lowest BCUT2D eigenvalue weighted by Gasteiger charge is -2.22. The monoisotopic (exact) mass is 501 g/mol. The van der Waals surface area contributed by atoms with Crippen molar-refractivity contribution in [2.24, 2.45) is 5.92 Å². The van der Waals surface area contributed by atoms with Gasteiger partial charge in [-0.25, -0.2) is 23.7 Å². The fourth-order valence-corrected chi connectivity index (χ4v) is 4.72. The molecule has 8 nitrogen and oxygen atoms in total. The summed E-state index contributed by atoms with van der Waals surface area (Å²) in [6.45, 7) is 1.61. The molecule has 1 saturated heterocycles. The van der Waals surface area contributed by atoms with Crippen LogP contribution in [0.2, 0.25) is 0 Å². The van der Waals surface area contributed by atoms with E-state index >= 15 is 0 Å². The van der Waals surface area contributed by atoms with Crippen LogP contribution in [0.25, 0.3) is 22.3 Å². The number of nitrogens with zero attached hydrogens (tertiary/aromatic N) is 4. The highest BCUT2D eigenvalue weighted by Crippen LogP contribution is 2.44. The number of hydrogen-bond acceptors (Lipinski definition) is 7. The standard InChI is InChI=1S/C27H25F2N7O/c28-19-2-1-3-20(29)24(19)34-22-12-17(8-11-32-22)25-33-21-14-31-13-18(15-4-5-15)23(21)26(35-25)36-27(37)16-6-9-30-10-7-16/h1-3,8,11-16,30H,4-7,9-10H2,(H,32,34)(H,33,35,36,37). The number of fused-ring (bicyclic) bond motifs is 1. The third kappa shape index (κ3) is 4.84. The van der Waals surface area contributed by atoms with Gasteiger partial charge in [0.2, 0.25) is 5.91 Å². The van der Waals surface area contributed by atoms with E-state index in [1.165, 1.54) is 24.4 Å². The number of amides is 1. The highest BCUT2D eigenvalue weighted by atomic mass is 19.1. The van der Waals surface area contributed by atoms with Crippen LogP contribution in [-0.4, -0.2) is 38.9 Å². The van der Waals surface area contributed by atoms with E-state index in [-0.39, 0.29) is 23.3 Å². The Morgan fingerprint density at radius 3 is 2.54 bits per heavy atom. The molecule has 1 amide bonds. The van der Waals surface area contributed by atoms with Crippen molar-refractivity contribution in [2.45, 2.75) is 31.6 Å². The van der Waals surface area contributed by atoms with Crippen molar-refractivity contribution >= 4 is 34.1 Å². The maximum atomic E-state index is 14.2. The number of benzene rings is 1. The molecule has 2 fully saturated rings. The van der Waals surface area contributed by atoms with E-state index in [4.69, 9.17) is 9.97 Å². The van der Waals surface area contributed by atoms with E-state index in [9.17, 15) is 13.6 Å². The van der Waals surface area contributed by atoms with Gasteiger partial charge in [0.15, 0.2) is 5.82 Å². The van der Waals surface area contributed by atoms with Gasteiger partial charge in [-0.1, -0.05) is 6.07 Å². The molecule has 37 heavy (non-hydrogen) atoms. The summed E-state index contributed by atoms with van der Waals surface area (Å²) in [5, 5.41) is 9.88. The van der Waals surface area contributed by atoms with Gasteiger partial charge in [-0.05, 0) is 74.5 Å². The fourth-order valence-electron chi connectivity index (χ4n) is 4.72. The minimum absolute atomic E-state index is 0.0573. The van der Waals surface area contributed by atoms with Gasteiger partial charge in [-0.15, -0.1) is 0 Å². The topological polar surface area (TPSA) is 105 Å². The zero-order chi connectivity index (χ0) is 25.4. The van der Waals surface area contributed by atoms with Crippen LogP contribution < -0.4 is 16.0 Å². The van der Waals surface area contributed by atoms with Crippen molar-refractivity contribution in [3.05, 3.63) is 66.1 Å². The quantitative estimate of drug-likeness (QED) is 0.344. The second-order valence-corrected chi connectivity index (χ2v) is 9.46. The lowest BCUT2D eigenvalue weighted by Crippen LogP contribution is -2.34. The second kappa shape index (κ2) is 9.78. The number of aromatic nitrogens is 4. The smallest absolute Gasteiger partial charge is 0.228 e. The molecule has 1 aliphatic carbocycles. The molecule has 188 valence electrons. The van der Waals surface area contributed by atoms with Crippen LogP contribution in [-0.2, 0) is 4.79 Å². The van der Waals surface area contributed by atoms with E-state index in [0.29, 0.717) is 28.6 Å². The van der Waals surface area contributed by atoms with Crippen LogP contribution in [0.1, 0.15) is 37.2 Å². The first-order valence-corrected chi connectivity index (χ1v) is 12.4. The predicted octanol–water partition coefficient (Wildman–Crippen LogP) is 4.92. The molecule has 1 aliphatic heterocycles. The first-order valence-electron chi connectivity index (χ1n) is 12.4. The number of para-hydroxylation sites is 1. The number of halogens is 2. The van der Waals surface area contributed by atoms with Gasteiger partial charge in [0.25, 0.3) is 0 Å². The molecule has 1 aromatic carbocycles. The molecule has 0 spiro atoms. The molecule has 0 atom stereocenters. The zero-order valence-corrected chi connectivity index (χ0v) is 20.0. The van der Waals surface area contributed by atoms with Crippen molar-refractivity contribution < 1.29 is 13.6 Å². The predicted molar refractivity (Wildman–Crippen MR) is 136 cm³/mol. The summed E-state index contributed by atoms with van der Waals surface area (Å²) in [5.74, 6) is -0.178. The Morgan fingerprint density at radius 1 is 1.00 bits per heavy atom. The molecule has 1 saturated carbocycles. The van der Waals surface area contributed by atoms with Gasteiger partial charge in [-0.2, -0.15) is 0 Å². The average Bonchev–Trinajstić information content (AvgIpc) is 3.77. The molecule has 0 bridgehead atoms. The van der Waals surface area contributed by atoms with Crippen LogP contribution in [0.3, 0.4) is 0 Å². The van der Waals surface area contributed by atoms with Crippen LogP contribution in [0, 0.1) is 17.6 Å². The molecule has 0 unspecified atom stereocenters. The summed E-state index contributed by atoms with van der Waals surface area (Å²) >= 11 is 0. The van der Waals surface area contributed by atoms with Gasteiger partial charge < -0.3 is 16.0 Å². The molecule has 4 heterocycles. The van der Waals surface area contributed by atoms with Crippen LogP contribution in [0.15, 0.2) is 48.9 Å². The number of anilines is 3. The number of hydrogen-bond donors (Lipinski definition) is 3. The van der Waals surface area contributed by atoms with Crippen LogP contribution in [0.5, 0.6) is 0 Å². The Bertz CT molecular complexity index is 1470. The number of rotatable bonds is 6. The normalized spacial score (nSPS) is 16.1. The highest BCUT2D eigenvalue weighted by Gasteiger charge is 2.29. The molecule has 0 radical (unpaired) electrons. The van der Waals surface area contributed by atoms with Gasteiger partial charge in [-0.3, -0.25) is 9.78 Å². The number of piperidine rings is 1. The SMILES string of the molecule is O=C(Nc1nc(-c2ccnc(Nc3c(F)cccc3F)c2)nc2cncc(C3CC3)c12)C1CCNCC1. The molecule has 10 heteroatoms. The molecule has 4 aromatic rings. The Morgan fingerprint density at radius 2 is 1.78 bits per heavy atom. The summed E-state index contributed by atoms with van der Waals surface area (Å²) in [7, 11) is 0. The van der Waals surface area contributed by atoms with Crippen molar-refractivity contribution in [3.63, 3.8) is 0 Å². The molecule has 3 aromatic heterocycles. The first kappa shape index (κ1) is 23.4. The Hall–Kier alpha value is -4.05. The maximum Gasteiger partial charge on any atom is 0.228 e. The van der Waals surface area contributed by atoms with Gasteiger partial charge in [0.05, 0.1) is 11.7 Å². The zero-order valence-electron chi connectivity index (χ0n) is 20.0. The van der Waals surface area contributed by atoms with Crippen LogP contribution >= 0.6 is 0 Å². The molecule has 6 rings (SSSR count). The van der Waals surface area contributed by atoms with Crippen molar-refractivity contribution in [3.8, 4) is 11.4 Å². The fraction of sp³-hybridized carbons (Fsp3) is 0.296. The number of nitrogens with one attached hydrogen (secondary N) is 3. The van der Waals surface area contributed by atoms with Crippen molar-refractivity contribution in [2.75, 3.05) is 23.7 Å².